The highest BCUT2D eigenvalue weighted by Crippen LogP contribution is 2.30. The fraction of sp³-hybridized carbons (Fsp3) is 0.333. The van der Waals surface area contributed by atoms with Gasteiger partial charge in [0.2, 0.25) is 5.95 Å². The van der Waals surface area contributed by atoms with Gasteiger partial charge in [0.15, 0.2) is 5.82 Å². The summed E-state index contributed by atoms with van der Waals surface area (Å²) in [4.78, 5) is 13.9. The van der Waals surface area contributed by atoms with Gasteiger partial charge >= 0.3 is 0 Å². The van der Waals surface area contributed by atoms with E-state index in [-0.39, 0.29) is 0 Å². The van der Waals surface area contributed by atoms with Crippen LogP contribution in [0, 0.1) is 0 Å². The van der Waals surface area contributed by atoms with Gasteiger partial charge in [0.05, 0.1) is 6.20 Å². The van der Waals surface area contributed by atoms with Crippen LogP contribution in [0.5, 0.6) is 0 Å². The zero-order valence-electron chi connectivity index (χ0n) is 17.4. The first-order valence-corrected chi connectivity index (χ1v) is 11.3. The van der Waals surface area contributed by atoms with E-state index in [1.807, 2.05) is 12.1 Å². The van der Waals surface area contributed by atoms with Gasteiger partial charge in [0.25, 0.3) is 0 Å². The van der Waals surface area contributed by atoms with E-state index in [4.69, 9.17) is 16.6 Å². The first-order valence-electron chi connectivity index (χ1n) is 10.9. The van der Waals surface area contributed by atoms with Gasteiger partial charge in [0.1, 0.15) is 5.02 Å². The van der Waals surface area contributed by atoms with E-state index in [1.54, 1.807) is 6.20 Å². The molecule has 0 spiro atoms. The maximum absolute atomic E-state index is 6.51. The van der Waals surface area contributed by atoms with Crippen molar-refractivity contribution in [3.05, 3.63) is 71.9 Å². The highest BCUT2D eigenvalue weighted by atomic mass is 35.5. The summed E-state index contributed by atoms with van der Waals surface area (Å²) in [5, 5.41) is 7.83. The minimum Gasteiger partial charge on any atom is -0.380 e. The molecule has 6 nitrogen and oxygen atoms in total. The molecule has 2 saturated heterocycles. The molecule has 0 radical (unpaired) electrons. The SMILES string of the molecule is Clc1cnc(N2CCC(Nc3ccccc3)C2)nc1N1CCC(Nc2ccccc2)C1. The number of halogens is 1. The molecule has 3 heterocycles. The average molecular weight is 435 g/mol. The lowest BCUT2D eigenvalue weighted by atomic mass is 10.2. The van der Waals surface area contributed by atoms with E-state index >= 15 is 0 Å². The monoisotopic (exact) mass is 434 g/mol. The van der Waals surface area contributed by atoms with E-state index < -0.39 is 0 Å². The Labute approximate surface area is 188 Å². The summed E-state index contributed by atoms with van der Waals surface area (Å²) in [6, 6.07) is 21.5. The van der Waals surface area contributed by atoms with Crippen molar-refractivity contribution in [2.75, 3.05) is 46.6 Å². The maximum atomic E-state index is 6.51. The van der Waals surface area contributed by atoms with Crippen molar-refractivity contribution >= 4 is 34.7 Å². The van der Waals surface area contributed by atoms with Crippen LogP contribution in [0.1, 0.15) is 12.8 Å². The molecule has 2 fully saturated rings. The van der Waals surface area contributed by atoms with Crippen molar-refractivity contribution in [1.29, 1.82) is 0 Å². The first kappa shape index (κ1) is 19.9. The Morgan fingerprint density at radius 2 is 1.32 bits per heavy atom. The number of benzene rings is 2. The minimum atomic E-state index is 0.378. The Morgan fingerprint density at radius 1 is 0.774 bits per heavy atom. The molecule has 2 aliphatic rings. The van der Waals surface area contributed by atoms with Crippen LogP contribution in [0.2, 0.25) is 5.02 Å². The van der Waals surface area contributed by atoms with Crippen LogP contribution in [0.15, 0.2) is 66.9 Å². The summed E-state index contributed by atoms with van der Waals surface area (Å²) in [6.07, 6.45) is 3.86. The zero-order chi connectivity index (χ0) is 21.0. The average Bonchev–Trinajstić information content (AvgIpc) is 3.45. The normalized spacial score (nSPS) is 20.8. The molecule has 31 heavy (non-hydrogen) atoms. The lowest BCUT2D eigenvalue weighted by Crippen LogP contribution is -2.29. The molecule has 0 saturated carbocycles. The molecule has 2 aliphatic heterocycles. The second-order valence-electron chi connectivity index (χ2n) is 8.23. The molecule has 0 aliphatic carbocycles. The number of nitrogens with one attached hydrogen (secondary N) is 2. The molecule has 1 aromatic heterocycles. The van der Waals surface area contributed by atoms with Gasteiger partial charge in [-0.3, -0.25) is 0 Å². The molecule has 2 unspecified atom stereocenters. The van der Waals surface area contributed by atoms with Gasteiger partial charge in [-0.05, 0) is 37.1 Å². The summed E-state index contributed by atoms with van der Waals surface area (Å²) in [5.74, 6) is 1.60. The Balaban J connectivity index is 1.23. The predicted octanol–water partition coefficient (Wildman–Crippen LogP) is 4.51. The number of anilines is 4. The van der Waals surface area contributed by atoms with Crippen molar-refractivity contribution in [2.24, 2.45) is 0 Å². The van der Waals surface area contributed by atoms with Gasteiger partial charge in [-0.2, -0.15) is 4.98 Å². The van der Waals surface area contributed by atoms with E-state index in [1.165, 1.54) is 0 Å². The van der Waals surface area contributed by atoms with Gasteiger partial charge in [-0.25, -0.2) is 4.98 Å². The largest absolute Gasteiger partial charge is 0.380 e. The van der Waals surface area contributed by atoms with Crippen molar-refractivity contribution in [3.63, 3.8) is 0 Å². The smallest absolute Gasteiger partial charge is 0.227 e. The number of para-hydroxylation sites is 2. The summed E-state index contributed by atoms with van der Waals surface area (Å²) in [6.45, 7) is 3.63. The number of aromatic nitrogens is 2. The number of hydrogen-bond acceptors (Lipinski definition) is 6. The third-order valence-corrected chi connectivity index (χ3v) is 6.23. The van der Waals surface area contributed by atoms with E-state index in [0.29, 0.717) is 17.1 Å². The fourth-order valence-corrected chi connectivity index (χ4v) is 4.60. The molecular formula is C24H27ClN6. The van der Waals surface area contributed by atoms with E-state index in [9.17, 15) is 0 Å². The zero-order valence-corrected chi connectivity index (χ0v) is 18.2. The van der Waals surface area contributed by atoms with Crippen LogP contribution in [-0.4, -0.2) is 48.2 Å². The molecular weight excluding hydrogens is 408 g/mol. The van der Waals surface area contributed by atoms with Crippen LogP contribution in [0.3, 0.4) is 0 Å². The molecule has 7 heteroatoms. The Hall–Kier alpha value is -2.99. The second-order valence-corrected chi connectivity index (χ2v) is 8.63. The summed E-state index contributed by atoms with van der Waals surface area (Å²) < 4.78 is 0. The molecule has 0 amide bonds. The van der Waals surface area contributed by atoms with Gasteiger partial charge in [-0.1, -0.05) is 48.0 Å². The first-order chi connectivity index (χ1) is 15.2. The molecule has 2 N–H and O–H groups in total. The summed E-state index contributed by atoms with van der Waals surface area (Å²) in [5.41, 5.74) is 2.30. The summed E-state index contributed by atoms with van der Waals surface area (Å²) >= 11 is 6.51. The van der Waals surface area contributed by atoms with E-state index in [2.05, 4.69) is 73.9 Å². The molecule has 160 valence electrons. The fourth-order valence-electron chi connectivity index (χ4n) is 4.39. The molecule has 0 bridgehead atoms. The molecule has 3 aromatic rings. The summed E-state index contributed by atoms with van der Waals surface area (Å²) in [7, 11) is 0. The lowest BCUT2D eigenvalue weighted by Gasteiger charge is -2.22. The number of nitrogens with zero attached hydrogens (tertiary/aromatic N) is 4. The Morgan fingerprint density at radius 3 is 1.94 bits per heavy atom. The van der Waals surface area contributed by atoms with Crippen LogP contribution in [0.25, 0.3) is 0 Å². The van der Waals surface area contributed by atoms with Crippen LogP contribution >= 0.6 is 11.6 Å². The number of hydrogen-bond donors (Lipinski definition) is 2. The highest BCUT2D eigenvalue weighted by Gasteiger charge is 2.28. The van der Waals surface area contributed by atoms with Crippen molar-refractivity contribution < 1.29 is 0 Å². The van der Waals surface area contributed by atoms with Crippen molar-refractivity contribution in [2.45, 2.75) is 24.9 Å². The standard InChI is InChI=1S/C24H27ClN6/c25-22-15-26-24(31-14-12-21(17-31)28-19-9-5-2-6-10-19)29-23(22)30-13-11-20(16-30)27-18-7-3-1-4-8-18/h1-10,15,20-21,27-28H,11-14,16-17H2. The van der Waals surface area contributed by atoms with Crippen LogP contribution in [-0.2, 0) is 0 Å². The minimum absolute atomic E-state index is 0.378. The highest BCUT2D eigenvalue weighted by molar-refractivity contribution is 6.32. The maximum Gasteiger partial charge on any atom is 0.227 e. The molecule has 2 atom stereocenters. The van der Waals surface area contributed by atoms with E-state index in [0.717, 1.165) is 62.2 Å². The van der Waals surface area contributed by atoms with Crippen molar-refractivity contribution in [3.8, 4) is 0 Å². The van der Waals surface area contributed by atoms with Crippen LogP contribution < -0.4 is 20.4 Å². The Bertz CT molecular complexity index is 999. The lowest BCUT2D eigenvalue weighted by molar-refractivity contribution is 0.801. The molecule has 5 rings (SSSR count). The van der Waals surface area contributed by atoms with Gasteiger partial charge in [0, 0.05) is 49.6 Å². The second kappa shape index (κ2) is 9.02. The van der Waals surface area contributed by atoms with Gasteiger partial charge in [-0.15, -0.1) is 0 Å². The van der Waals surface area contributed by atoms with Crippen LogP contribution in [0.4, 0.5) is 23.1 Å². The van der Waals surface area contributed by atoms with Gasteiger partial charge < -0.3 is 20.4 Å². The third-order valence-electron chi connectivity index (χ3n) is 5.96. The quantitative estimate of drug-likeness (QED) is 0.595. The van der Waals surface area contributed by atoms with Crippen molar-refractivity contribution in [1.82, 2.24) is 9.97 Å². The third kappa shape index (κ3) is 4.69. The number of rotatable bonds is 6. The topological polar surface area (TPSA) is 56.3 Å². The molecule has 2 aromatic carbocycles. The predicted molar refractivity (Wildman–Crippen MR) is 128 cm³/mol. The Kier molecular flexibility index (Phi) is 5.80.